The molecule has 0 radical (unpaired) electrons. The lowest BCUT2D eigenvalue weighted by molar-refractivity contribution is -0.118. The van der Waals surface area contributed by atoms with Gasteiger partial charge in [0.25, 0.3) is 5.91 Å². The van der Waals surface area contributed by atoms with Crippen LogP contribution in [0.3, 0.4) is 0 Å². The average Bonchev–Trinajstić information content (AvgIpc) is 2.59. The first kappa shape index (κ1) is 15.8. The highest BCUT2D eigenvalue weighted by Crippen LogP contribution is 2.20. The molecule has 0 aliphatic carbocycles. The van der Waals surface area contributed by atoms with Crippen LogP contribution in [0.1, 0.15) is 29.3 Å². The van der Waals surface area contributed by atoms with Crippen molar-refractivity contribution in [3.8, 4) is 0 Å². The van der Waals surface area contributed by atoms with Gasteiger partial charge in [0.2, 0.25) is 5.91 Å². The van der Waals surface area contributed by atoms with Gasteiger partial charge < -0.3 is 10.2 Å². The Bertz CT molecular complexity index is 653. The van der Waals surface area contributed by atoms with E-state index in [0.717, 1.165) is 5.56 Å². The number of hydrogen-bond donors (Lipinski definition) is 1. The van der Waals surface area contributed by atoms with Crippen molar-refractivity contribution < 1.29 is 9.59 Å². The summed E-state index contributed by atoms with van der Waals surface area (Å²) < 4.78 is 0. The molecule has 0 heterocycles. The predicted molar refractivity (Wildman–Crippen MR) is 87.8 cm³/mol. The van der Waals surface area contributed by atoms with Crippen molar-refractivity contribution in [2.24, 2.45) is 0 Å². The lowest BCUT2D eigenvalue weighted by Gasteiger charge is -2.19. The van der Waals surface area contributed by atoms with E-state index in [1.807, 2.05) is 36.4 Å². The third kappa shape index (κ3) is 3.73. The molecule has 1 N–H and O–H groups in total. The zero-order valence-corrected chi connectivity index (χ0v) is 12.9. The lowest BCUT2D eigenvalue weighted by atomic mass is 10.1. The average molecular weight is 296 g/mol. The van der Waals surface area contributed by atoms with Crippen LogP contribution < -0.4 is 10.2 Å². The van der Waals surface area contributed by atoms with Gasteiger partial charge in [0, 0.05) is 20.0 Å². The third-order valence-electron chi connectivity index (χ3n) is 3.48. The third-order valence-corrected chi connectivity index (χ3v) is 3.48. The SMILES string of the molecule is CCC(=O)N(C)c1ccccc1C(=O)NCc1ccccc1. The normalized spacial score (nSPS) is 10.1. The number of rotatable bonds is 5. The Morgan fingerprint density at radius 1 is 1.00 bits per heavy atom. The van der Waals surface area contributed by atoms with Crippen molar-refractivity contribution in [1.82, 2.24) is 5.32 Å². The molecule has 2 rings (SSSR count). The smallest absolute Gasteiger partial charge is 0.253 e. The molecule has 114 valence electrons. The van der Waals surface area contributed by atoms with Gasteiger partial charge in [-0.2, -0.15) is 0 Å². The van der Waals surface area contributed by atoms with Gasteiger partial charge in [-0.05, 0) is 17.7 Å². The molecule has 0 aliphatic heterocycles. The van der Waals surface area contributed by atoms with Gasteiger partial charge in [0.1, 0.15) is 0 Å². The summed E-state index contributed by atoms with van der Waals surface area (Å²) in [6.07, 6.45) is 0.399. The summed E-state index contributed by atoms with van der Waals surface area (Å²) in [6, 6.07) is 16.9. The van der Waals surface area contributed by atoms with Crippen molar-refractivity contribution in [2.45, 2.75) is 19.9 Å². The van der Waals surface area contributed by atoms with Gasteiger partial charge in [0.05, 0.1) is 11.3 Å². The summed E-state index contributed by atoms with van der Waals surface area (Å²) >= 11 is 0. The van der Waals surface area contributed by atoms with Crippen LogP contribution in [0.25, 0.3) is 0 Å². The molecule has 0 bridgehead atoms. The van der Waals surface area contributed by atoms with E-state index in [-0.39, 0.29) is 11.8 Å². The Morgan fingerprint density at radius 3 is 2.32 bits per heavy atom. The van der Waals surface area contributed by atoms with E-state index in [1.54, 1.807) is 32.2 Å². The second kappa shape index (κ2) is 7.41. The molecule has 0 aromatic heterocycles. The molecule has 2 amide bonds. The van der Waals surface area contributed by atoms with Crippen molar-refractivity contribution >= 4 is 17.5 Å². The molecule has 0 atom stereocenters. The first-order valence-electron chi connectivity index (χ1n) is 7.31. The van der Waals surface area contributed by atoms with E-state index in [0.29, 0.717) is 24.2 Å². The quantitative estimate of drug-likeness (QED) is 0.922. The number of hydrogen-bond acceptors (Lipinski definition) is 2. The van der Waals surface area contributed by atoms with E-state index in [4.69, 9.17) is 0 Å². The fraction of sp³-hybridized carbons (Fsp3) is 0.222. The fourth-order valence-electron chi connectivity index (χ4n) is 2.20. The second-order valence-corrected chi connectivity index (χ2v) is 4.99. The van der Waals surface area contributed by atoms with Gasteiger partial charge in [-0.25, -0.2) is 0 Å². The minimum absolute atomic E-state index is 0.0247. The summed E-state index contributed by atoms with van der Waals surface area (Å²) in [5.41, 5.74) is 2.16. The number of anilines is 1. The van der Waals surface area contributed by atoms with E-state index >= 15 is 0 Å². The van der Waals surface area contributed by atoms with Crippen molar-refractivity contribution in [3.05, 3.63) is 65.7 Å². The van der Waals surface area contributed by atoms with Gasteiger partial charge in [-0.3, -0.25) is 9.59 Å². The highest BCUT2D eigenvalue weighted by molar-refractivity contribution is 6.04. The number of nitrogens with one attached hydrogen (secondary N) is 1. The van der Waals surface area contributed by atoms with E-state index in [9.17, 15) is 9.59 Å². The molecular weight excluding hydrogens is 276 g/mol. The first-order valence-corrected chi connectivity index (χ1v) is 7.31. The molecule has 4 heteroatoms. The van der Waals surface area contributed by atoms with E-state index < -0.39 is 0 Å². The van der Waals surface area contributed by atoms with Crippen LogP contribution >= 0.6 is 0 Å². The molecule has 2 aromatic rings. The molecule has 0 spiro atoms. The van der Waals surface area contributed by atoms with Crippen LogP contribution in [0.2, 0.25) is 0 Å². The van der Waals surface area contributed by atoms with Crippen LogP contribution in [0, 0.1) is 0 Å². The maximum absolute atomic E-state index is 12.4. The Hall–Kier alpha value is -2.62. The number of para-hydroxylation sites is 1. The highest BCUT2D eigenvalue weighted by Gasteiger charge is 2.16. The Balaban J connectivity index is 2.14. The van der Waals surface area contributed by atoms with E-state index in [2.05, 4.69) is 5.32 Å². The number of carbonyl (C=O) groups is 2. The maximum atomic E-state index is 12.4. The summed E-state index contributed by atoms with van der Waals surface area (Å²) in [7, 11) is 1.69. The van der Waals surface area contributed by atoms with Crippen molar-refractivity contribution in [1.29, 1.82) is 0 Å². The predicted octanol–water partition coefficient (Wildman–Crippen LogP) is 2.99. The van der Waals surface area contributed by atoms with Crippen LogP contribution in [0.15, 0.2) is 54.6 Å². The molecule has 0 fully saturated rings. The second-order valence-electron chi connectivity index (χ2n) is 4.99. The summed E-state index contributed by atoms with van der Waals surface area (Å²) in [5.74, 6) is -0.210. The standard InChI is InChI=1S/C18H20N2O2/c1-3-17(21)20(2)16-12-8-7-11-15(16)18(22)19-13-14-9-5-4-6-10-14/h4-12H,3,13H2,1-2H3,(H,19,22). The number of amides is 2. The largest absolute Gasteiger partial charge is 0.348 e. The zero-order chi connectivity index (χ0) is 15.9. The topological polar surface area (TPSA) is 49.4 Å². The molecule has 22 heavy (non-hydrogen) atoms. The zero-order valence-electron chi connectivity index (χ0n) is 12.9. The molecule has 0 unspecified atom stereocenters. The molecule has 4 nitrogen and oxygen atoms in total. The molecule has 0 saturated heterocycles. The van der Waals surface area contributed by atoms with Crippen LogP contribution in [0.5, 0.6) is 0 Å². The monoisotopic (exact) mass is 296 g/mol. The van der Waals surface area contributed by atoms with Gasteiger partial charge in [0.15, 0.2) is 0 Å². The number of carbonyl (C=O) groups excluding carboxylic acids is 2. The van der Waals surface area contributed by atoms with Gasteiger partial charge in [-0.1, -0.05) is 49.4 Å². The van der Waals surface area contributed by atoms with Crippen molar-refractivity contribution in [3.63, 3.8) is 0 Å². The number of benzene rings is 2. The van der Waals surface area contributed by atoms with E-state index in [1.165, 1.54) is 4.90 Å². The first-order chi connectivity index (χ1) is 10.6. The van der Waals surface area contributed by atoms with Gasteiger partial charge in [-0.15, -0.1) is 0 Å². The molecule has 0 aliphatic rings. The fourth-order valence-corrected chi connectivity index (χ4v) is 2.20. The maximum Gasteiger partial charge on any atom is 0.253 e. The molecule has 0 saturated carbocycles. The number of nitrogens with zero attached hydrogens (tertiary/aromatic N) is 1. The Kier molecular flexibility index (Phi) is 5.31. The Labute approximate surface area is 130 Å². The van der Waals surface area contributed by atoms with Crippen LogP contribution in [-0.4, -0.2) is 18.9 Å². The minimum Gasteiger partial charge on any atom is -0.348 e. The summed E-state index contributed by atoms with van der Waals surface area (Å²) in [4.78, 5) is 25.8. The Morgan fingerprint density at radius 2 is 1.64 bits per heavy atom. The van der Waals surface area contributed by atoms with Gasteiger partial charge >= 0.3 is 0 Å². The van der Waals surface area contributed by atoms with Crippen molar-refractivity contribution in [2.75, 3.05) is 11.9 Å². The minimum atomic E-state index is -0.185. The summed E-state index contributed by atoms with van der Waals surface area (Å²) in [5, 5.41) is 2.89. The van der Waals surface area contributed by atoms with Crippen LogP contribution in [0.4, 0.5) is 5.69 Å². The molecule has 2 aromatic carbocycles. The summed E-state index contributed by atoms with van der Waals surface area (Å²) in [6.45, 7) is 2.26. The molecular formula is C18H20N2O2. The van der Waals surface area contributed by atoms with Crippen LogP contribution in [-0.2, 0) is 11.3 Å². The lowest BCUT2D eigenvalue weighted by Crippen LogP contribution is -2.30. The highest BCUT2D eigenvalue weighted by atomic mass is 16.2.